The first-order valence-electron chi connectivity index (χ1n) is 12.3. The minimum absolute atomic E-state index is 0.0168. The topological polar surface area (TPSA) is 103 Å². The van der Waals surface area contributed by atoms with Crippen LogP contribution in [0.15, 0.2) is 42.6 Å². The Balaban J connectivity index is 1.14. The summed E-state index contributed by atoms with van der Waals surface area (Å²) in [5.74, 6) is -2.28. The number of rotatable bonds is 7. The first-order chi connectivity index (χ1) is 17.6. The van der Waals surface area contributed by atoms with Gasteiger partial charge in [-0.05, 0) is 56.9 Å². The molecule has 1 aromatic heterocycles. The van der Waals surface area contributed by atoms with Crippen molar-refractivity contribution in [3.63, 3.8) is 0 Å². The number of anilines is 1. The maximum Gasteiger partial charge on any atom is 0.471 e. The second kappa shape index (κ2) is 11.3. The van der Waals surface area contributed by atoms with E-state index in [1.807, 2.05) is 13.0 Å². The van der Waals surface area contributed by atoms with Crippen LogP contribution in [-0.2, 0) is 9.59 Å². The molecule has 11 heteroatoms. The number of carbonyl (C=O) groups excluding carboxylic acids is 3. The number of carbonyl (C=O) groups is 3. The molecule has 1 aromatic carbocycles. The van der Waals surface area contributed by atoms with Crippen LogP contribution in [0.4, 0.5) is 18.9 Å². The summed E-state index contributed by atoms with van der Waals surface area (Å²) >= 11 is 0. The fraction of sp³-hybridized carbons (Fsp3) is 0.462. The van der Waals surface area contributed by atoms with E-state index < -0.39 is 12.1 Å². The summed E-state index contributed by atoms with van der Waals surface area (Å²) in [7, 11) is 0. The van der Waals surface area contributed by atoms with Gasteiger partial charge in [-0.25, -0.2) is 0 Å². The Labute approximate surface area is 213 Å². The van der Waals surface area contributed by atoms with E-state index in [0.29, 0.717) is 11.6 Å². The predicted octanol–water partition coefficient (Wildman–Crippen LogP) is 3.15. The maximum atomic E-state index is 12.4. The average molecular weight is 518 g/mol. The van der Waals surface area contributed by atoms with Crippen LogP contribution < -0.4 is 16.0 Å². The van der Waals surface area contributed by atoms with Crippen molar-refractivity contribution >= 4 is 23.4 Å². The van der Waals surface area contributed by atoms with E-state index in [1.54, 1.807) is 29.6 Å². The molecule has 2 aliphatic rings. The third-order valence-corrected chi connectivity index (χ3v) is 6.90. The summed E-state index contributed by atoms with van der Waals surface area (Å²) in [5.41, 5.74) is 2.33. The highest BCUT2D eigenvalue weighted by Gasteiger charge is 2.39. The number of halogens is 3. The molecule has 0 radical (unpaired) electrons. The molecule has 0 spiro atoms. The number of pyridine rings is 1. The molecule has 1 aliphatic heterocycles. The molecular weight excluding hydrogens is 487 g/mol. The number of benzene rings is 1. The number of alkyl halides is 3. The van der Waals surface area contributed by atoms with Gasteiger partial charge in [0.1, 0.15) is 0 Å². The second-order valence-electron chi connectivity index (χ2n) is 9.70. The van der Waals surface area contributed by atoms with E-state index in [9.17, 15) is 27.6 Å². The lowest BCUT2D eigenvalue weighted by atomic mass is 9.82. The summed E-state index contributed by atoms with van der Waals surface area (Å²) in [6, 6.07) is 10.8. The van der Waals surface area contributed by atoms with E-state index in [1.165, 1.54) is 12.3 Å². The molecule has 2 fully saturated rings. The molecule has 3 amide bonds. The number of hydrogen-bond acceptors (Lipinski definition) is 5. The highest BCUT2D eigenvalue weighted by atomic mass is 19.4. The lowest BCUT2D eigenvalue weighted by molar-refractivity contribution is -0.167. The number of nitrogens with zero attached hydrogens (tertiary/aromatic N) is 2. The third-order valence-electron chi connectivity index (χ3n) is 6.90. The molecule has 1 saturated heterocycles. The number of likely N-dealkylation sites (tertiary alicyclic amines) is 1. The minimum atomic E-state index is -4.94. The quantitative estimate of drug-likeness (QED) is 0.524. The molecule has 2 heterocycles. The summed E-state index contributed by atoms with van der Waals surface area (Å²) in [6.07, 6.45) is 0.0670. The molecule has 198 valence electrons. The van der Waals surface area contributed by atoms with Gasteiger partial charge in [0.2, 0.25) is 5.91 Å². The molecule has 2 aromatic rings. The molecule has 37 heavy (non-hydrogen) atoms. The fourth-order valence-corrected chi connectivity index (χ4v) is 4.89. The molecule has 1 aliphatic carbocycles. The zero-order valence-corrected chi connectivity index (χ0v) is 20.5. The number of aromatic nitrogens is 1. The number of nitrogens with one attached hydrogen (secondary N) is 3. The maximum absolute atomic E-state index is 12.4. The smallest absolute Gasteiger partial charge is 0.349 e. The zero-order valence-electron chi connectivity index (χ0n) is 20.5. The monoisotopic (exact) mass is 517 g/mol. The second-order valence-corrected chi connectivity index (χ2v) is 9.70. The Bertz CT molecular complexity index is 1130. The first kappa shape index (κ1) is 26.6. The van der Waals surface area contributed by atoms with Crippen LogP contribution in [0.5, 0.6) is 0 Å². The van der Waals surface area contributed by atoms with E-state index >= 15 is 0 Å². The summed E-state index contributed by atoms with van der Waals surface area (Å²) in [5, 5.41) is 7.42. The van der Waals surface area contributed by atoms with Crippen molar-refractivity contribution in [2.45, 2.75) is 56.8 Å². The van der Waals surface area contributed by atoms with Gasteiger partial charge in [-0.15, -0.1) is 0 Å². The van der Waals surface area contributed by atoms with E-state index in [2.05, 4.69) is 20.5 Å². The van der Waals surface area contributed by atoms with Crippen LogP contribution in [0.2, 0.25) is 0 Å². The van der Waals surface area contributed by atoms with Crippen molar-refractivity contribution in [3.8, 4) is 0 Å². The zero-order chi connectivity index (χ0) is 26.6. The van der Waals surface area contributed by atoms with Crippen LogP contribution in [-0.4, -0.2) is 65.5 Å². The molecule has 0 atom stereocenters. The van der Waals surface area contributed by atoms with Gasteiger partial charge >= 0.3 is 12.1 Å². The Morgan fingerprint density at radius 3 is 2.41 bits per heavy atom. The van der Waals surface area contributed by atoms with Gasteiger partial charge in [-0.1, -0.05) is 17.7 Å². The van der Waals surface area contributed by atoms with Crippen LogP contribution in [0.3, 0.4) is 0 Å². The van der Waals surface area contributed by atoms with Crippen molar-refractivity contribution in [3.05, 3.63) is 59.4 Å². The van der Waals surface area contributed by atoms with Crippen molar-refractivity contribution in [2.24, 2.45) is 0 Å². The minimum Gasteiger partial charge on any atom is -0.349 e. The van der Waals surface area contributed by atoms with Gasteiger partial charge in [0, 0.05) is 36.3 Å². The van der Waals surface area contributed by atoms with Gasteiger partial charge in [0.05, 0.1) is 24.5 Å². The van der Waals surface area contributed by atoms with Crippen molar-refractivity contribution in [2.75, 3.05) is 25.0 Å². The Kier molecular flexibility index (Phi) is 8.11. The molecule has 0 unspecified atom stereocenters. The lowest BCUT2D eigenvalue weighted by Crippen LogP contribution is -2.63. The summed E-state index contributed by atoms with van der Waals surface area (Å²) in [6.45, 7) is 3.36. The molecule has 0 bridgehead atoms. The Morgan fingerprint density at radius 1 is 1.05 bits per heavy atom. The molecule has 3 N–H and O–H groups in total. The fourth-order valence-electron chi connectivity index (χ4n) is 4.89. The van der Waals surface area contributed by atoms with Gasteiger partial charge in [-0.3, -0.25) is 24.3 Å². The van der Waals surface area contributed by atoms with Gasteiger partial charge in [-0.2, -0.15) is 13.2 Å². The van der Waals surface area contributed by atoms with Crippen LogP contribution in [0, 0.1) is 6.92 Å². The molecule has 4 rings (SSSR count). The number of amides is 3. The van der Waals surface area contributed by atoms with Crippen molar-refractivity contribution < 1.29 is 27.6 Å². The highest BCUT2D eigenvalue weighted by molar-refractivity contribution is 5.96. The van der Waals surface area contributed by atoms with Gasteiger partial charge < -0.3 is 16.0 Å². The molecule has 8 nitrogen and oxygen atoms in total. The predicted molar refractivity (Wildman–Crippen MR) is 131 cm³/mol. The first-order valence-corrected chi connectivity index (χ1v) is 12.3. The normalized spacial score (nSPS) is 20.5. The molecular formula is C26H30F3N5O3. The Morgan fingerprint density at radius 2 is 1.78 bits per heavy atom. The Hall–Kier alpha value is -3.47. The largest absolute Gasteiger partial charge is 0.471 e. The SMILES string of the molecule is Cc1cccc(C(=O)NCC(=O)NC2CN(C3CCC(c4ccc(NC(=O)C(F)(F)F)cn4)CC3)C2)c1. The number of aryl methyl sites for hydroxylation is 1. The van der Waals surface area contributed by atoms with Gasteiger partial charge in [0.15, 0.2) is 0 Å². The lowest BCUT2D eigenvalue weighted by Gasteiger charge is -2.46. The highest BCUT2D eigenvalue weighted by Crippen LogP contribution is 2.35. The number of hydrogen-bond donors (Lipinski definition) is 3. The van der Waals surface area contributed by atoms with Crippen LogP contribution >= 0.6 is 0 Å². The van der Waals surface area contributed by atoms with Crippen LogP contribution in [0.1, 0.15) is 53.2 Å². The van der Waals surface area contributed by atoms with Gasteiger partial charge in [0.25, 0.3) is 5.91 Å². The van der Waals surface area contributed by atoms with E-state index in [0.717, 1.165) is 50.0 Å². The third kappa shape index (κ3) is 7.06. The van der Waals surface area contributed by atoms with Crippen molar-refractivity contribution in [1.82, 2.24) is 20.5 Å². The standard InChI is InChI=1S/C26H30F3N5O3/c1-16-3-2-4-18(11-16)24(36)31-13-23(35)32-20-14-34(15-20)21-8-5-17(6-9-21)22-10-7-19(12-30-22)33-25(37)26(27,28)29/h2-4,7,10-12,17,20-21H,5-6,8-9,13-15H2,1H3,(H,31,36)(H,32,35)(H,33,37). The average Bonchev–Trinajstić information content (AvgIpc) is 2.84. The summed E-state index contributed by atoms with van der Waals surface area (Å²) in [4.78, 5) is 42.1. The van der Waals surface area contributed by atoms with Crippen molar-refractivity contribution in [1.29, 1.82) is 0 Å². The van der Waals surface area contributed by atoms with Crippen LogP contribution in [0.25, 0.3) is 0 Å². The summed E-state index contributed by atoms with van der Waals surface area (Å²) < 4.78 is 37.2. The van der Waals surface area contributed by atoms with E-state index in [-0.39, 0.29) is 36.0 Å². The molecule has 1 saturated carbocycles. The van der Waals surface area contributed by atoms with E-state index in [4.69, 9.17) is 0 Å².